The van der Waals surface area contributed by atoms with Crippen LogP contribution in [0.3, 0.4) is 0 Å². The fourth-order valence-corrected chi connectivity index (χ4v) is 4.63. The molecule has 8 heteroatoms. The molecule has 3 aromatic rings. The predicted octanol–water partition coefficient (Wildman–Crippen LogP) is 3.12. The molecule has 2 N–H and O–H groups in total. The van der Waals surface area contributed by atoms with Gasteiger partial charge in [-0.25, -0.2) is 10.1 Å². The van der Waals surface area contributed by atoms with Crippen molar-refractivity contribution in [2.24, 2.45) is 5.41 Å². The number of H-pyrrole nitrogens is 2. The summed E-state index contributed by atoms with van der Waals surface area (Å²) in [6, 6.07) is 9.67. The largest absolute Gasteiger partial charge is 0.310 e. The number of hydrogen-bond donors (Lipinski definition) is 2. The van der Waals surface area contributed by atoms with E-state index in [9.17, 15) is 9.59 Å². The third kappa shape index (κ3) is 2.79. The molecule has 0 amide bonds. The molecular formula is C22H22N6O2. The van der Waals surface area contributed by atoms with Gasteiger partial charge >= 0.3 is 0 Å². The van der Waals surface area contributed by atoms with Gasteiger partial charge in [-0.3, -0.25) is 14.5 Å². The Balaban J connectivity index is 1.88. The van der Waals surface area contributed by atoms with Crippen LogP contribution in [0.1, 0.15) is 49.6 Å². The minimum Gasteiger partial charge on any atom is -0.310 e. The van der Waals surface area contributed by atoms with Gasteiger partial charge in [-0.2, -0.15) is 10.1 Å². The van der Waals surface area contributed by atoms with Crippen LogP contribution >= 0.6 is 0 Å². The smallest absolute Gasteiger partial charge is 0.257 e. The summed E-state index contributed by atoms with van der Waals surface area (Å²) in [7, 11) is 0. The number of aromatic nitrogens is 5. The third-order valence-electron chi connectivity index (χ3n) is 5.76. The molecule has 1 aliphatic heterocycles. The number of aromatic amines is 2. The van der Waals surface area contributed by atoms with Gasteiger partial charge in [-0.15, -0.1) is 0 Å². The first-order valence-corrected chi connectivity index (χ1v) is 9.93. The summed E-state index contributed by atoms with van der Waals surface area (Å²) in [5.41, 5.74) is 2.35. The van der Waals surface area contributed by atoms with Gasteiger partial charge in [0, 0.05) is 23.6 Å². The molecule has 0 saturated carbocycles. The summed E-state index contributed by atoms with van der Waals surface area (Å²) >= 11 is 0. The van der Waals surface area contributed by atoms with Crippen LogP contribution in [0.5, 0.6) is 0 Å². The summed E-state index contributed by atoms with van der Waals surface area (Å²) in [6.07, 6.45) is 2.49. The monoisotopic (exact) mass is 402 g/mol. The van der Waals surface area contributed by atoms with Crippen molar-refractivity contribution in [1.82, 2.24) is 25.1 Å². The number of hydrogen-bond acceptors (Lipinski definition) is 6. The van der Waals surface area contributed by atoms with Crippen LogP contribution in [0, 0.1) is 12.3 Å². The zero-order valence-corrected chi connectivity index (χ0v) is 17.1. The first-order valence-electron chi connectivity index (χ1n) is 9.93. The molecular weight excluding hydrogens is 380 g/mol. The minimum atomic E-state index is -0.476. The van der Waals surface area contributed by atoms with Crippen LogP contribution in [0.25, 0.3) is 0 Å². The Bertz CT molecular complexity index is 1220. The number of allylic oxidation sites excluding steroid dienone is 2. The fourth-order valence-electron chi connectivity index (χ4n) is 4.63. The maximum Gasteiger partial charge on any atom is 0.257 e. The van der Waals surface area contributed by atoms with Crippen molar-refractivity contribution in [3.63, 3.8) is 0 Å². The maximum atomic E-state index is 13.5. The molecule has 0 saturated heterocycles. The number of anilines is 2. The molecule has 1 aliphatic carbocycles. The first kappa shape index (κ1) is 18.5. The Morgan fingerprint density at radius 1 is 1.13 bits per heavy atom. The summed E-state index contributed by atoms with van der Waals surface area (Å²) in [4.78, 5) is 40.3. The highest BCUT2D eigenvalue weighted by Crippen LogP contribution is 2.51. The zero-order chi connectivity index (χ0) is 21.0. The van der Waals surface area contributed by atoms with Gasteiger partial charge in [-0.1, -0.05) is 44.2 Å². The highest BCUT2D eigenvalue weighted by molar-refractivity contribution is 6.02. The molecule has 0 fully saturated rings. The normalized spacial score (nSPS) is 20.2. The van der Waals surface area contributed by atoms with Gasteiger partial charge in [-0.05, 0) is 24.3 Å². The third-order valence-corrected chi connectivity index (χ3v) is 5.76. The number of benzene rings is 1. The molecule has 0 spiro atoms. The number of carbonyl (C=O) groups is 1. The van der Waals surface area contributed by atoms with Crippen molar-refractivity contribution in [2.75, 3.05) is 4.90 Å². The Labute approximate surface area is 173 Å². The number of aryl methyl sites for hydroxylation is 1. The highest BCUT2D eigenvalue weighted by Gasteiger charge is 2.46. The van der Waals surface area contributed by atoms with Gasteiger partial charge in [0.15, 0.2) is 11.6 Å². The molecule has 152 valence electrons. The van der Waals surface area contributed by atoms with Crippen molar-refractivity contribution < 1.29 is 4.79 Å². The van der Waals surface area contributed by atoms with Gasteiger partial charge in [0.25, 0.3) is 5.56 Å². The van der Waals surface area contributed by atoms with Crippen molar-refractivity contribution in [1.29, 1.82) is 0 Å². The van der Waals surface area contributed by atoms with Crippen LogP contribution in [0.4, 0.5) is 11.8 Å². The lowest BCUT2D eigenvalue weighted by Crippen LogP contribution is -2.41. The van der Waals surface area contributed by atoms with Crippen LogP contribution in [0.2, 0.25) is 0 Å². The second kappa shape index (κ2) is 6.48. The summed E-state index contributed by atoms with van der Waals surface area (Å²) in [5, 5.41) is 6.87. The molecule has 2 aliphatic rings. The van der Waals surface area contributed by atoms with Crippen LogP contribution in [-0.4, -0.2) is 30.9 Å². The van der Waals surface area contributed by atoms with Gasteiger partial charge in [0.1, 0.15) is 12.2 Å². The van der Waals surface area contributed by atoms with E-state index in [1.165, 1.54) is 6.33 Å². The molecule has 2 aromatic heterocycles. The number of ketones is 1. The van der Waals surface area contributed by atoms with E-state index in [0.29, 0.717) is 41.6 Å². The minimum absolute atomic E-state index is 0.0465. The molecule has 1 unspecified atom stereocenters. The summed E-state index contributed by atoms with van der Waals surface area (Å²) < 4.78 is 0. The van der Waals surface area contributed by atoms with Crippen molar-refractivity contribution in [3.8, 4) is 0 Å². The predicted molar refractivity (Wildman–Crippen MR) is 111 cm³/mol. The lowest BCUT2D eigenvalue weighted by molar-refractivity contribution is -0.118. The molecule has 5 rings (SSSR count). The van der Waals surface area contributed by atoms with E-state index in [2.05, 4.69) is 39.0 Å². The quantitative estimate of drug-likeness (QED) is 0.682. The highest BCUT2D eigenvalue weighted by atomic mass is 16.1. The number of rotatable bonds is 2. The summed E-state index contributed by atoms with van der Waals surface area (Å²) in [6.45, 7) is 5.91. The van der Waals surface area contributed by atoms with Crippen LogP contribution in [0.15, 0.2) is 52.7 Å². The summed E-state index contributed by atoms with van der Waals surface area (Å²) in [5.74, 6) is 1.01. The van der Waals surface area contributed by atoms with Crippen molar-refractivity contribution >= 4 is 17.5 Å². The molecule has 0 bridgehead atoms. The number of nitrogens with one attached hydrogen (secondary N) is 2. The topological polar surface area (TPSA) is 108 Å². The second-order valence-corrected chi connectivity index (χ2v) is 8.68. The van der Waals surface area contributed by atoms with Gasteiger partial charge in [0.2, 0.25) is 5.95 Å². The van der Waals surface area contributed by atoms with Crippen LogP contribution in [-0.2, 0) is 4.79 Å². The van der Waals surface area contributed by atoms with Gasteiger partial charge in [0.05, 0.1) is 5.56 Å². The SMILES string of the molecule is Cc1nc2c(c(=O)[nH]1)C(c1ccccc1)C1=C(CC(C)(C)CC1=O)N2c1ncn[nH]1. The van der Waals surface area contributed by atoms with E-state index in [-0.39, 0.29) is 16.8 Å². The Morgan fingerprint density at radius 2 is 1.90 bits per heavy atom. The van der Waals surface area contributed by atoms with E-state index in [4.69, 9.17) is 0 Å². The van der Waals surface area contributed by atoms with Crippen molar-refractivity contribution in [3.05, 3.63) is 75.2 Å². The fraction of sp³-hybridized carbons (Fsp3) is 0.318. The zero-order valence-electron chi connectivity index (χ0n) is 17.1. The van der Waals surface area contributed by atoms with E-state index < -0.39 is 5.92 Å². The number of Topliss-reactive ketones (excluding diaryl/α,β-unsaturated/α-hetero) is 1. The molecule has 8 nitrogen and oxygen atoms in total. The first-order chi connectivity index (χ1) is 14.4. The average molecular weight is 402 g/mol. The van der Waals surface area contributed by atoms with E-state index in [1.54, 1.807) is 11.8 Å². The van der Waals surface area contributed by atoms with Crippen LogP contribution < -0.4 is 10.5 Å². The second-order valence-electron chi connectivity index (χ2n) is 8.68. The standard InChI is InChI=1S/C22H22N6O2/c1-12-25-19-18(20(30)26-12)16(13-7-5-4-6-8-13)17-14(9-22(2,3)10-15(17)29)28(19)21-23-11-24-27-21/h4-8,11,16H,9-10H2,1-3H3,(H,23,24,27)(H,25,26,30). The lowest BCUT2D eigenvalue weighted by atomic mass is 9.69. The number of nitrogens with zero attached hydrogens (tertiary/aromatic N) is 4. The molecule has 3 heterocycles. The molecule has 1 aromatic carbocycles. The van der Waals surface area contributed by atoms with E-state index in [1.807, 2.05) is 30.3 Å². The number of carbonyl (C=O) groups excluding carboxylic acids is 1. The molecule has 1 atom stereocenters. The Hall–Kier alpha value is -3.55. The van der Waals surface area contributed by atoms with E-state index in [0.717, 1.165) is 11.3 Å². The average Bonchev–Trinajstić information content (AvgIpc) is 3.20. The Kier molecular flexibility index (Phi) is 3.99. The maximum absolute atomic E-state index is 13.5. The molecule has 30 heavy (non-hydrogen) atoms. The van der Waals surface area contributed by atoms with E-state index >= 15 is 0 Å². The lowest BCUT2D eigenvalue weighted by Gasteiger charge is -2.42. The Morgan fingerprint density at radius 3 is 2.60 bits per heavy atom. The van der Waals surface area contributed by atoms with Gasteiger partial charge < -0.3 is 4.98 Å². The van der Waals surface area contributed by atoms with Crippen molar-refractivity contribution in [2.45, 2.75) is 39.5 Å². The molecule has 0 radical (unpaired) electrons. The number of fused-ring (bicyclic) bond motifs is 1.